The molecule has 1 atom stereocenters. The van der Waals surface area contributed by atoms with Crippen molar-refractivity contribution in [1.82, 2.24) is 4.98 Å². The number of hydrogen-bond donors (Lipinski definition) is 2. The molecule has 1 aromatic heterocycles. The molecule has 102 valence electrons. The van der Waals surface area contributed by atoms with E-state index in [0.29, 0.717) is 18.2 Å². The van der Waals surface area contributed by atoms with Gasteiger partial charge >= 0.3 is 5.97 Å². The molecule has 5 nitrogen and oxygen atoms in total. The zero-order valence-electron chi connectivity index (χ0n) is 11.3. The molecule has 1 rings (SSSR count). The third-order valence-corrected chi connectivity index (χ3v) is 2.74. The quantitative estimate of drug-likeness (QED) is 0.787. The van der Waals surface area contributed by atoms with Crippen LogP contribution in [0.5, 0.6) is 0 Å². The van der Waals surface area contributed by atoms with Gasteiger partial charge in [-0.3, -0.25) is 4.79 Å². The van der Waals surface area contributed by atoms with Gasteiger partial charge < -0.3 is 10.4 Å². The van der Waals surface area contributed by atoms with Gasteiger partial charge in [-0.1, -0.05) is 13.8 Å². The van der Waals surface area contributed by atoms with E-state index in [4.69, 9.17) is 10.4 Å². The predicted octanol–water partition coefficient (Wildman–Crippen LogP) is 2.50. The normalized spacial score (nSPS) is 11.9. The van der Waals surface area contributed by atoms with E-state index in [1.165, 1.54) is 0 Å². The number of nitriles is 1. The van der Waals surface area contributed by atoms with Crippen molar-refractivity contribution in [3.8, 4) is 6.07 Å². The minimum atomic E-state index is -0.778. The van der Waals surface area contributed by atoms with Crippen LogP contribution in [0.2, 0.25) is 0 Å². The standard InChI is InChI=1S/C14H19N3O2/c1-10(2)5-11(6-14(18)19)9-17-12-3-4-16-13(7-12)8-15/h3-4,7,10-11H,5-6,9H2,1-2H3,(H,16,17)(H,18,19). The number of hydrogen-bond acceptors (Lipinski definition) is 4. The van der Waals surface area contributed by atoms with Gasteiger partial charge in [0.15, 0.2) is 0 Å². The van der Waals surface area contributed by atoms with Crippen LogP contribution in [0.3, 0.4) is 0 Å². The van der Waals surface area contributed by atoms with Crippen LogP contribution in [-0.2, 0) is 4.79 Å². The third-order valence-electron chi connectivity index (χ3n) is 2.74. The van der Waals surface area contributed by atoms with E-state index in [0.717, 1.165) is 12.1 Å². The van der Waals surface area contributed by atoms with Crippen LogP contribution in [0.25, 0.3) is 0 Å². The minimum Gasteiger partial charge on any atom is -0.481 e. The van der Waals surface area contributed by atoms with E-state index in [1.54, 1.807) is 18.3 Å². The largest absolute Gasteiger partial charge is 0.481 e. The number of nitrogens with zero attached hydrogens (tertiary/aromatic N) is 2. The summed E-state index contributed by atoms with van der Waals surface area (Å²) in [6.07, 6.45) is 2.58. The molecule has 0 saturated carbocycles. The molecule has 0 aliphatic rings. The lowest BCUT2D eigenvalue weighted by molar-refractivity contribution is -0.138. The Morgan fingerprint density at radius 1 is 1.58 bits per heavy atom. The lowest BCUT2D eigenvalue weighted by Gasteiger charge is -2.18. The van der Waals surface area contributed by atoms with Crippen molar-refractivity contribution in [2.45, 2.75) is 26.7 Å². The maximum atomic E-state index is 10.8. The van der Waals surface area contributed by atoms with E-state index in [2.05, 4.69) is 24.1 Å². The summed E-state index contributed by atoms with van der Waals surface area (Å²) in [7, 11) is 0. The van der Waals surface area contributed by atoms with E-state index >= 15 is 0 Å². The lowest BCUT2D eigenvalue weighted by atomic mass is 9.94. The molecule has 5 heteroatoms. The molecule has 1 aromatic rings. The van der Waals surface area contributed by atoms with Gasteiger partial charge in [0, 0.05) is 24.8 Å². The Morgan fingerprint density at radius 3 is 2.89 bits per heavy atom. The maximum absolute atomic E-state index is 10.8. The Kier molecular flexibility index (Phi) is 5.80. The molecule has 19 heavy (non-hydrogen) atoms. The topological polar surface area (TPSA) is 86.0 Å². The molecule has 0 bridgehead atoms. The Bertz CT molecular complexity index is 466. The van der Waals surface area contributed by atoms with Gasteiger partial charge in [0.2, 0.25) is 0 Å². The zero-order chi connectivity index (χ0) is 14.3. The molecule has 1 unspecified atom stereocenters. The van der Waals surface area contributed by atoms with Crippen molar-refractivity contribution in [2.24, 2.45) is 11.8 Å². The summed E-state index contributed by atoms with van der Waals surface area (Å²) in [6, 6.07) is 5.41. The van der Waals surface area contributed by atoms with Gasteiger partial charge in [0.05, 0.1) is 0 Å². The molecule has 1 heterocycles. The molecule has 0 spiro atoms. The van der Waals surface area contributed by atoms with Crippen molar-refractivity contribution >= 4 is 11.7 Å². The first-order valence-electron chi connectivity index (χ1n) is 6.33. The lowest BCUT2D eigenvalue weighted by Crippen LogP contribution is -2.19. The minimum absolute atomic E-state index is 0.0798. The van der Waals surface area contributed by atoms with Crippen LogP contribution in [0.4, 0.5) is 5.69 Å². The summed E-state index contributed by atoms with van der Waals surface area (Å²) >= 11 is 0. The van der Waals surface area contributed by atoms with Gasteiger partial charge in [0.25, 0.3) is 0 Å². The van der Waals surface area contributed by atoms with Crippen molar-refractivity contribution in [1.29, 1.82) is 5.26 Å². The van der Waals surface area contributed by atoms with Crippen molar-refractivity contribution < 1.29 is 9.90 Å². The predicted molar refractivity (Wildman–Crippen MR) is 72.6 cm³/mol. The molecular weight excluding hydrogens is 242 g/mol. The highest BCUT2D eigenvalue weighted by atomic mass is 16.4. The molecular formula is C14H19N3O2. The van der Waals surface area contributed by atoms with Crippen molar-refractivity contribution in [3.05, 3.63) is 24.0 Å². The van der Waals surface area contributed by atoms with Crippen LogP contribution >= 0.6 is 0 Å². The summed E-state index contributed by atoms with van der Waals surface area (Å²) in [5, 5.41) is 20.8. The fourth-order valence-electron chi connectivity index (χ4n) is 2.02. The third kappa shape index (κ3) is 5.87. The zero-order valence-corrected chi connectivity index (χ0v) is 11.3. The number of nitrogens with one attached hydrogen (secondary N) is 1. The van der Waals surface area contributed by atoms with Crippen molar-refractivity contribution in [2.75, 3.05) is 11.9 Å². The number of carboxylic acids is 1. The highest BCUT2D eigenvalue weighted by molar-refractivity contribution is 5.67. The van der Waals surface area contributed by atoms with E-state index in [1.807, 2.05) is 6.07 Å². The molecule has 0 aliphatic heterocycles. The molecule has 0 saturated heterocycles. The summed E-state index contributed by atoms with van der Waals surface area (Å²) in [4.78, 5) is 14.7. The fourth-order valence-corrected chi connectivity index (χ4v) is 2.02. The molecule has 2 N–H and O–H groups in total. The molecule has 0 radical (unpaired) electrons. The molecule has 0 aliphatic carbocycles. The van der Waals surface area contributed by atoms with Gasteiger partial charge in [0.1, 0.15) is 11.8 Å². The highest BCUT2D eigenvalue weighted by Gasteiger charge is 2.14. The Balaban J connectivity index is 2.59. The first-order chi connectivity index (χ1) is 9.01. The monoisotopic (exact) mass is 261 g/mol. The first-order valence-corrected chi connectivity index (χ1v) is 6.33. The SMILES string of the molecule is CC(C)CC(CNc1ccnc(C#N)c1)CC(=O)O. The van der Waals surface area contributed by atoms with Crippen LogP contribution in [0.15, 0.2) is 18.3 Å². The second-order valence-corrected chi connectivity index (χ2v) is 5.02. The van der Waals surface area contributed by atoms with E-state index in [-0.39, 0.29) is 12.3 Å². The van der Waals surface area contributed by atoms with Crippen LogP contribution in [0.1, 0.15) is 32.4 Å². The van der Waals surface area contributed by atoms with Crippen LogP contribution in [-0.4, -0.2) is 22.6 Å². The molecule has 0 fully saturated rings. The number of rotatable bonds is 7. The number of pyridine rings is 1. The summed E-state index contributed by atoms with van der Waals surface area (Å²) in [5.41, 5.74) is 1.15. The summed E-state index contributed by atoms with van der Waals surface area (Å²) < 4.78 is 0. The van der Waals surface area contributed by atoms with Crippen molar-refractivity contribution in [3.63, 3.8) is 0 Å². The smallest absolute Gasteiger partial charge is 0.303 e. The average molecular weight is 261 g/mol. The van der Waals surface area contributed by atoms with E-state index in [9.17, 15) is 4.79 Å². The Labute approximate surface area is 113 Å². The first kappa shape index (κ1) is 15.0. The second-order valence-electron chi connectivity index (χ2n) is 5.02. The number of aromatic nitrogens is 1. The van der Waals surface area contributed by atoms with Gasteiger partial charge in [-0.25, -0.2) is 4.98 Å². The van der Waals surface area contributed by atoms with Gasteiger partial charge in [-0.15, -0.1) is 0 Å². The van der Waals surface area contributed by atoms with Gasteiger partial charge in [-0.2, -0.15) is 5.26 Å². The second kappa shape index (κ2) is 7.37. The Morgan fingerprint density at radius 2 is 2.32 bits per heavy atom. The summed E-state index contributed by atoms with van der Waals surface area (Å²) in [6.45, 7) is 4.74. The fraction of sp³-hybridized carbons (Fsp3) is 0.500. The Hall–Kier alpha value is -2.09. The number of carboxylic acid groups (broad SMARTS) is 1. The molecule has 0 amide bonds. The average Bonchev–Trinajstić information content (AvgIpc) is 2.35. The van der Waals surface area contributed by atoms with E-state index < -0.39 is 5.97 Å². The van der Waals surface area contributed by atoms with Gasteiger partial charge in [-0.05, 0) is 30.4 Å². The van der Waals surface area contributed by atoms with Crippen LogP contribution in [0, 0.1) is 23.2 Å². The number of anilines is 1. The number of aliphatic carboxylic acids is 1. The van der Waals surface area contributed by atoms with Crippen LogP contribution < -0.4 is 5.32 Å². The highest BCUT2D eigenvalue weighted by Crippen LogP contribution is 2.17. The summed E-state index contributed by atoms with van der Waals surface area (Å²) in [5.74, 6) is -0.241. The number of carbonyl (C=O) groups is 1. The molecule has 0 aromatic carbocycles. The maximum Gasteiger partial charge on any atom is 0.303 e.